The smallest absolute Gasteiger partial charge is 0.397 e. The first kappa shape index (κ1) is 34.4. The summed E-state index contributed by atoms with van der Waals surface area (Å²) in [7, 11) is -4.40. The lowest BCUT2D eigenvalue weighted by Gasteiger charge is -2.15. The van der Waals surface area contributed by atoms with Crippen LogP contribution in [0.25, 0.3) is 0 Å². The summed E-state index contributed by atoms with van der Waals surface area (Å²) in [6.45, 7) is 7.17. The van der Waals surface area contributed by atoms with Crippen molar-refractivity contribution in [1.29, 1.82) is 0 Å². The van der Waals surface area contributed by atoms with Gasteiger partial charge in [-0.3, -0.25) is 9.35 Å². The standard InChI is InChI=1S/C22H44O6S.C2H7NO/c1-4-5-6-7-8-10-13-16-21(28-29(24,25)26)17-14-11-9-12-15-18-22(23)27-19-20(2)3;3-1-2-4/h20-21H,4-19H2,1-3H3,(H,24,25,26);4H,1-3H2. The summed E-state index contributed by atoms with van der Waals surface area (Å²) in [4.78, 5) is 11.5. The minimum Gasteiger partial charge on any atom is -0.465 e. The normalized spacial score (nSPS) is 12.3. The molecule has 0 aromatic rings. The van der Waals surface area contributed by atoms with E-state index in [9.17, 15) is 13.2 Å². The molecule has 1 unspecified atom stereocenters. The quantitative estimate of drug-likeness (QED) is 0.112. The van der Waals surface area contributed by atoms with E-state index < -0.39 is 16.5 Å². The molecule has 0 bridgehead atoms. The van der Waals surface area contributed by atoms with Crippen LogP contribution in [0.15, 0.2) is 0 Å². The molecule has 9 heteroatoms. The molecule has 1 atom stereocenters. The maximum Gasteiger partial charge on any atom is 0.397 e. The lowest BCUT2D eigenvalue weighted by atomic mass is 10.0. The third-order valence-corrected chi connectivity index (χ3v) is 5.52. The summed E-state index contributed by atoms with van der Waals surface area (Å²) in [5.74, 6) is 0.230. The minimum absolute atomic E-state index is 0.0972. The van der Waals surface area contributed by atoms with Gasteiger partial charge in [0.25, 0.3) is 0 Å². The van der Waals surface area contributed by atoms with Crippen LogP contribution in [-0.4, -0.2) is 49.9 Å². The van der Waals surface area contributed by atoms with E-state index in [1.807, 2.05) is 13.8 Å². The van der Waals surface area contributed by atoms with E-state index in [1.54, 1.807) is 0 Å². The third kappa shape index (κ3) is 31.3. The van der Waals surface area contributed by atoms with E-state index in [-0.39, 0.29) is 12.6 Å². The number of nitrogens with two attached hydrogens (primary N) is 1. The molecule has 0 spiro atoms. The van der Waals surface area contributed by atoms with E-state index in [0.717, 1.165) is 51.4 Å². The molecule has 0 radical (unpaired) electrons. The molecule has 0 aromatic heterocycles. The van der Waals surface area contributed by atoms with E-state index in [0.29, 0.717) is 38.3 Å². The summed E-state index contributed by atoms with van der Waals surface area (Å²) in [5, 5.41) is 7.75. The molecule has 0 aliphatic heterocycles. The highest BCUT2D eigenvalue weighted by atomic mass is 32.3. The summed E-state index contributed by atoms with van der Waals surface area (Å²) >= 11 is 0. The van der Waals surface area contributed by atoms with Crippen molar-refractivity contribution >= 4 is 16.4 Å². The summed E-state index contributed by atoms with van der Waals surface area (Å²) in [5.41, 5.74) is 4.78. The average molecular weight is 498 g/mol. The molecular formula is C24H51NO7S. The molecule has 0 aromatic carbocycles. The second kappa shape index (κ2) is 24.4. The maximum absolute atomic E-state index is 11.5. The molecule has 0 aliphatic rings. The maximum atomic E-state index is 11.5. The molecule has 0 saturated carbocycles. The average Bonchev–Trinajstić information content (AvgIpc) is 2.75. The van der Waals surface area contributed by atoms with Gasteiger partial charge in [0.2, 0.25) is 0 Å². The molecule has 4 N–H and O–H groups in total. The largest absolute Gasteiger partial charge is 0.465 e. The van der Waals surface area contributed by atoms with Gasteiger partial charge in [0.05, 0.1) is 19.3 Å². The van der Waals surface area contributed by atoms with Gasteiger partial charge in [0.1, 0.15) is 0 Å². The van der Waals surface area contributed by atoms with Crippen molar-refractivity contribution in [2.45, 2.75) is 123 Å². The van der Waals surface area contributed by atoms with Crippen molar-refractivity contribution < 1.29 is 31.8 Å². The van der Waals surface area contributed by atoms with Gasteiger partial charge in [0, 0.05) is 13.0 Å². The highest BCUT2D eigenvalue weighted by Gasteiger charge is 2.16. The SMILES string of the molecule is CCCCCCCCCC(CCCCCCCC(=O)OCC(C)C)OS(=O)(=O)O.NCCO. The van der Waals surface area contributed by atoms with Crippen LogP contribution in [0.2, 0.25) is 0 Å². The molecule has 0 aliphatic carbocycles. The Morgan fingerprint density at radius 2 is 1.33 bits per heavy atom. The fraction of sp³-hybridized carbons (Fsp3) is 0.958. The Labute approximate surface area is 202 Å². The zero-order valence-electron chi connectivity index (χ0n) is 21.3. The number of hydrogen-bond donors (Lipinski definition) is 3. The molecule has 0 amide bonds. The summed E-state index contributed by atoms with van der Waals surface area (Å²) in [6.07, 6.45) is 14.0. The van der Waals surface area contributed by atoms with Gasteiger partial charge in [-0.05, 0) is 25.2 Å². The van der Waals surface area contributed by atoms with E-state index in [4.69, 9.17) is 24.3 Å². The van der Waals surface area contributed by atoms with Crippen molar-refractivity contribution in [2.24, 2.45) is 11.7 Å². The molecule has 33 heavy (non-hydrogen) atoms. The molecule has 0 saturated heterocycles. The van der Waals surface area contributed by atoms with Crippen molar-refractivity contribution in [2.75, 3.05) is 19.8 Å². The number of unbranched alkanes of at least 4 members (excludes halogenated alkanes) is 10. The molecule has 200 valence electrons. The fourth-order valence-electron chi connectivity index (χ4n) is 3.25. The Kier molecular flexibility index (Phi) is 25.4. The molecular weight excluding hydrogens is 446 g/mol. The summed E-state index contributed by atoms with van der Waals surface area (Å²) < 4.78 is 41.1. The van der Waals surface area contributed by atoms with Crippen LogP contribution >= 0.6 is 0 Å². The topological polar surface area (TPSA) is 136 Å². The number of hydrogen-bond acceptors (Lipinski definition) is 7. The van der Waals surface area contributed by atoms with Crippen LogP contribution in [-0.2, 0) is 24.1 Å². The number of esters is 1. The lowest BCUT2D eigenvalue weighted by molar-refractivity contribution is -0.144. The highest BCUT2D eigenvalue weighted by Crippen LogP contribution is 2.18. The van der Waals surface area contributed by atoms with E-state index in [2.05, 4.69) is 6.92 Å². The molecule has 0 fully saturated rings. The molecule has 0 heterocycles. The van der Waals surface area contributed by atoms with Gasteiger partial charge < -0.3 is 15.6 Å². The third-order valence-electron chi connectivity index (χ3n) is 5.00. The second-order valence-corrected chi connectivity index (χ2v) is 10.00. The first-order chi connectivity index (χ1) is 15.7. The number of aliphatic hydroxyl groups excluding tert-OH is 1. The Hall–Kier alpha value is -0.740. The number of carbonyl (C=O) groups is 1. The first-order valence-corrected chi connectivity index (χ1v) is 14.1. The van der Waals surface area contributed by atoms with Gasteiger partial charge in [0.15, 0.2) is 0 Å². The van der Waals surface area contributed by atoms with Gasteiger partial charge in [-0.2, -0.15) is 8.42 Å². The van der Waals surface area contributed by atoms with Crippen LogP contribution in [0.4, 0.5) is 0 Å². The second-order valence-electron chi connectivity index (χ2n) is 8.95. The predicted octanol–water partition coefficient (Wildman–Crippen LogP) is 5.18. The Morgan fingerprint density at radius 1 is 0.879 bits per heavy atom. The van der Waals surface area contributed by atoms with Crippen LogP contribution in [0, 0.1) is 5.92 Å². The number of carbonyl (C=O) groups excluding carboxylic acids is 1. The fourth-order valence-corrected chi connectivity index (χ4v) is 3.78. The van der Waals surface area contributed by atoms with Crippen LogP contribution in [0.1, 0.15) is 117 Å². The van der Waals surface area contributed by atoms with Crippen LogP contribution in [0.5, 0.6) is 0 Å². The Balaban J connectivity index is 0. The summed E-state index contributed by atoms with van der Waals surface area (Å²) in [6, 6.07) is 0. The van der Waals surface area contributed by atoms with Crippen LogP contribution < -0.4 is 5.73 Å². The van der Waals surface area contributed by atoms with Gasteiger partial charge in [-0.1, -0.05) is 91.4 Å². The predicted molar refractivity (Wildman–Crippen MR) is 133 cm³/mol. The van der Waals surface area contributed by atoms with Crippen LogP contribution in [0.3, 0.4) is 0 Å². The van der Waals surface area contributed by atoms with Crippen molar-refractivity contribution in [3.63, 3.8) is 0 Å². The number of rotatable bonds is 21. The lowest BCUT2D eigenvalue weighted by Crippen LogP contribution is -2.18. The zero-order valence-corrected chi connectivity index (χ0v) is 22.1. The van der Waals surface area contributed by atoms with Crippen molar-refractivity contribution in [1.82, 2.24) is 0 Å². The first-order valence-electron chi connectivity index (χ1n) is 12.8. The van der Waals surface area contributed by atoms with E-state index >= 15 is 0 Å². The molecule has 0 rings (SSSR count). The highest BCUT2D eigenvalue weighted by molar-refractivity contribution is 7.80. The van der Waals surface area contributed by atoms with Gasteiger partial charge in [-0.15, -0.1) is 0 Å². The number of ether oxygens (including phenoxy) is 1. The number of aliphatic hydroxyl groups is 1. The Bertz CT molecular complexity index is 525. The monoisotopic (exact) mass is 497 g/mol. The minimum atomic E-state index is -4.40. The zero-order chi connectivity index (χ0) is 25.4. The van der Waals surface area contributed by atoms with E-state index in [1.165, 1.54) is 25.7 Å². The molecule has 8 nitrogen and oxygen atoms in total. The van der Waals surface area contributed by atoms with Gasteiger partial charge in [-0.25, -0.2) is 4.18 Å². The Morgan fingerprint density at radius 3 is 1.76 bits per heavy atom. The van der Waals surface area contributed by atoms with Crippen molar-refractivity contribution in [3.8, 4) is 0 Å². The van der Waals surface area contributed by atoms with Gasteiger partial charge >= 0.3 is 16.4 Å². The van der Waals surface area contributed by atoms with Crippen molar-refractivity contribution in [3.05, 3.63) is 0 Å².